The van der Waals surface area contributed by atoms with E-state index in [1.165, 1.54) is 16.3 Å². The average molecular weight is 225 g/mol. The lowest BCUT2D eigenvalue weighted by Crippen LogP contribution is -2.26. The normalized spacial score (nSPS) is 16.9. The molecule has 1 aliphatic carbocycles. The Morgan fingerprint density at radius 2 is 1.82 bits per heavy atom. The smallest absolute Gasteiger partial charge is 0.223 e. The van der Waals surface area contributed by atoms with Gasteiger partial charge in [0.2, 0.25) is 5.91 Å². The second kappa shape index (κ2) is 3.59. The fourth-order valence-electron chi connectivity index (χ4n) is 2.40. The molecule has 1 fully saturated rings. The van der Waals surface area contributed by atoms with Crippen LogP contribution in [0.2, 0.25) is 0 Å². The zero-order valence-electron chi connectivity index (χ0n) is 9.65. The molecular weight excluding hydrogens is 210 g/mol. The van der Waals surface area contributed by atoms with Crippen LogP contribution in [-0.4, -0.2) is 5.91 Å². The molecule has 2 heteroatoms. The van der Waals surface area contributed by atoms with Gasteiger partial charge in [0.1, 0.15) is 0 Å². The number of fused-ring (bicyclic) bond motifs is 1. The molecule has 2 aromatic carbocycles. The molecule has 0 spiro atoms. The first kappa shape index (κ1) is 10.3. The molecule has 86 valence electrons. The molecule has 0 heterocycles. The first-order valence-corrected chi connectivity index (χ1v) is 5.97. The van der Waals surface area contributed by atoms with Gasteiger partial charge in [-0.15, -0.1) is 0 Å². The third-order valence-electron chi connectivity index (χ3n) is 3.73. The fraction of sp³-hybridized carbons (Fsp3) is 0.267. The number of hydrogen-bond donors (Lipinski definition) is 1. The minimum atomic E-state index is -0.248. The molecule has 0 aliphatic heterocycles. The van der Waals surface area contributed by atoms with Crippen LogP contribution in [-0.2, 0) is 11.2 Å². The van der Waals surface area contributed by atoms with Crippen LogP contribution in [0.5, 0.6) is 0 Å². The van der Waals surface area contributed by atoms with E-state index in [1.807, 2.05) is 12.1 Å². The van der Waals surface area contributed by atoms with Crippen LogP contribution < -0.4 is 5.73 Å². The van der Waals surface area contributed by atoms with E-state index in [0.29, 0.717) is 0 Å². The van der Waals surface area contributed by atoms with E-state index >= 15 is 0 Å². The van der Waals surface area contributed by atoms with E-state index in [4.69, 9.17) is 5.73 Å². The van der Waals surface area contributed by atoms with Gasteiger partial charge < -0.3 is 5.73 Å². The van der Waals surface area contributed by atoms with Crippen LogP contribution in [0.3, 0.4) is 0 Å². The summed E-state index contributed by atoms with van der Waals surface area (Å²) in [5.74, 6) is -0.148. The second-order valence-electron chi connectivity index (χ2n) is 5.00. The van der Waals surface area contributed by atoms with Gasteiger partial charge in [-0.05, 0) is 35.6 Å². The average Bonchev–Trinajstić information content (AvgIpc) is 3.10. The Hall–Kier alpha value is -1.83. The number of primary amides is 1. The fourth-order valence-corrected chi connectivity index (χ4v) is 2.40. The monoisotopic (exact) mass is 225 g/mol. The predicted molar refractivity (Wildman–Crippen MR) is 68.5 cm³/mol. The highest BCUT2D eigenvalue weighted by atomic mass is 16.1. The lowest BCUT2D eigenvalue weighted by Gasteiger charge is -2.11. The number of benzene rings is 2. The minimum absolute atomic E-state index is 0.148. The Morgan fingerprint density at radius 1 is 1.12 bits per heavy atom. The summed E-state index contributed by atoms with van der Waals surface area (Å²) in [7, 11) is 0. The Labute approximate surface area is 100 Å². The molecule has 1 saturated carbocycles. The Morgan fingerprint density at radius 3 is 2.47 bits per heavy atom. The SMILES string of the molecule is NC(=O)C1(Cc2ccc3ccccc3c2)CC1. The van der Waals surface area contributed by atoms with Crippen molar-refractivity contribution in [3.63, 3.8) is 0 Å². The molecule has 0 bridgehead atoms. The molecule has 2 N–H and O–H groups in total. The van der Waals surface area contributed by atoms with Crippen LogP contribution >= 0.6 is 0 Å². The van der Waals surface area contributed by atoms with E-state index in [9.17, 15) is 4.79 Å². The van der Waals surface area contributed by atoms with Gasteiger partial charge in [0.25, 0.3) is 0 Å². The molecule has 0 radical (unpaired) electrons. The number of carbonyl (C=O) groups excluding carboxylic acids is 1. The van der Waals surface area contributed by atoms with Crippen molar-refractivity contribution in [1.82, 2.24) is 0 Å². The predicted octanol–water partition coefficient (Wildman–Crippen LogP) is 2.65. The van der Waals surface area contributed by atoms with Crippen molar-refractivity contribution in [2.24, 2.45) is 11.1 Å². The summed E-state index contributed by atoms with van der Waals surface area (Å²) in [5.41, 5.74) is 6.42. The van der Waals surface area contributed by atoms with Crippen LogP contribution in [0.15, 0.2) is 42.5 Å². The first-order chi connectivity index (χ1) is 8.20. The molecule has 17 heavy (non-hydrogen) atoms. The van der Waals surface area contributed by atoms with Gasteiger partial charge in [0.15, 0.2) is 0 Å². The molecule has 1 aliphatic rings. The standard InChI is InChI=1S/C15H15NO/c16-14(17)15(7-8-15)10-11-5-6-12-3-1-2-4-13(12)9-11/h1-6,9H,7-8,10H2,(H2,16,17). The van der Waals surface area contributed by atoms with E-state index in [-0.39, 0.29) is 11.3 Å². The zero-order chi connectivity index (χ0) is 11.9. The summed E-state index contributed by atoms with van der Waals surface area (Å²) in [5, 5.41) is 2.46. The van der Waals surface area contributed by atoms with Gasteiger partial charge in [0, 0.05) is 0 Å². The maximum Gasteiger partial charge on any atom is 0.223 e. The van der Waals surface area contributed by atoms with Crippen molar-refractivity contribution in [1.29, 1.82) is 0 Å². The van der Waals surface area contributed by atoms with Crippen LogP contribution in [0.25, 0.3) is 10.8 Å². The van der Waals surface area contributed by atoms with E-state index in [2.05, 4.69) is 30.3 Å². The van der Waals surface area contributed by atoms with Gasteiger partial charge in [-0.3, -0.25) is 4.79 Å². The van der Waals surface area contributed by atoms with Crippen LogP contribution in [0.1, 0.15) is 18.4 Å². The summed E-state index contributed by atoms with van der Waals surface area (Å²) in [4.78, 5) is 11.4. The molecule has 2 nitrogen and oxygen atoms in total. The summed E-state index contributed by atoms with van der Waals surface area (Å²) in [6, 6.07) is 14.6. The van der Waals surface area contributed by atoms with Gasteiger partial charge in [-0.1, -0.05) is 42.5 Å². The zero-order valence-corrected chi connectivity index (χ0v) is 9.65. The third-order valence-corrected chi connectivity index (χ3v) is 3.73. The highest BCUT2D eigenvalue weighted by Gasteiger charge is 2.48. The molecule has 0 aromatic heterocycles. The molecule has 1 amide bonds. The number of nitrogens with two attached hydrogens (primary N) is 1. The number of hydrogen-bond acceptors (Lipinski definition) is 1. The summed E-state index contributed by atoms with van der Waals surface area (Å²) >= 11 is 0. The largest absolute Gasteiger partial charge is 0.369 e. The van der Waals surface area contributed by atoms with Crippen molar-refractivity contribution in [2.75, 3.05) is 0 Å². The highest BCUT2D eigenvalue weighted by molar-refractivity contribution is 5.85. The Balaban J connectivity index is 1.94. The topological polar surface area (TPSA) is 43.1 Å². The quantitative estimate of drug-likeness (QED) is 0.857. The Bertz CT molecular complexity index is 584. The van der Waals surface area contributed by atoms with E-state index in [0.717, 1.165) is 19.3 Å². The Kier molecular flexibility index (Phi) is 2.18. The molecule has 3 rings (SSSR count). The maximum absolute atomic E-state index is 11.4. The van der Waals surface area contributed by atoms with Crippen molar-refractivity contribution in [2.45, 2.75) is 19.3 Å². The van der Waals surface area contributed by atoms with Gasteiger partial charge in [0.05, 0.1) is 5.41 Å². The lowest BCUT2D eigenvalue weighted by atomic mass is 9.94. The highest BCUT2D eigenvalue weighted by Crippen LogP contribution is 2.48. The van der Waals surface area contributed by atoms with Crippen molar-refractivity contribution in [3.05, 3.63) is 48.0 Å². The van der Waals surface area contributed by atoms with Gasteiger partial charge in [-0.25, -0.2) is 0 Å². The maximum atomic E-state index is 11.4. The number of carbonyl (C=O) groups is 1. The lowest BCUT2D eigenvalue weighted by molar-refractivity contribution is -0.123. The van der Waals surface area contributed by atoms with Gasteiger partial charge >= 0.3 is 0 Å². The summed E-state index contributed by atoms with van der Waals surface area (Å²) in [6.07, 6.45) is 2.66. The summed E-state index contributed by atoms with van der Waals surface area (Å²) < 4.78 is 0. The van der Waals surface area contributed by atoms with E-state index < -0.39 is 0 Å². The van der Waals surface area contributed by atoms with Crippen LogP contribution in [0, 0.1) is 5.41 Å². The number of amides is 1. The van der Waals surface area contributed by atoms with E-state index in [1.54, 1.807) is 0 Å². The van der Waals surface area contributed by atoms with Crippen molar-refractivity contribution in [3.8, 4) is 0 Å². The van der Waals surface area contributed by atoms with Crippen LogP contribution in [0.4, 0.5) is 0 Å². The van der Waals surface area contributed by atoms with Gasteiger partial charge in [-0.2, -0.15) is 0 Å². The van der Waals surface area contributed by atoms with Crippen molar-refractivity contribution < 1.29 is 4.79 Å². The molecule has 0 atom stereocenters. The minimum Gasteiger partial charge on any atom is -0.369 e. The third kappa shape index (κ3) is 1.80. The molecule has 2 aromatic rings. The van der Waals surface area contributed by atoms with Crippen molar-refractivity contribution >= 4 is 16.7 Å². The molecule has 0 saturated heterocycles. The summed E-state index contributed by atoms with van der Waals surface area (Å²) in [6.45, 7) is 0. The molecular formula is C15H15NO. The number of rotatable bonds is 3. The first-order valence-electron chi connectivity index (χ1n) is 5.97. The molecule has 0 unspecified atom stereocenters. The second-order valence-corrected chi connectivity index (χ2v) is 5.00.